The van der Waals surface area contributed by atoms with Crippen LogP contribution in [0.4, 0.5) is 0 Å². The van der Waals surface area contributed by atoms with Gasteiger partial charge in [-0.2, -0.15) is 0 Å². The molecule has 1 heterocycles. The fourth-order valence-electron chi connectivity index (χ4n) is 2.94. The smallest absolute Gasteiger partial charge is 0.261 e. The van der Waals surface area contributed by atoms with Crippen molar-refractivity contribution in [3.8, 4) is 0 Å². The number of aryl methyl sites for hydroxylation is 3. The molecule has 1 aromatic heterocycles. The highest BCUT2D eigenvalue weighted by Crippen LogP contribution is 2.24. The lowest BCUT2D eigenvalue weighted by Gasteiger charge is -2.13. The molecule has 0 spiro atoms. The fraction of sp³-hybridized carbons (Fsp3) is 0.222. The zero-order valence-electron chi connectivity index (χ0n) is 13.2. The molecule has 5 heteroatoms. The third kappa shape index (κ3) is 2.99. The number of halogens is 2. The van der Waals surface area contributed by atoms with Gasteiger partial charge in [0.15, 0.2) is 0 Å². The molecule has 23 heavy (non-hydrogen) atoms. The molecular formula is C18H16Cl2N2O. The maximum Gasteiger partial charge on any atom is 0.261 e. The van der Waals surface area contributed by atoms with Gasteiger partial charge in [0.05, 0.1) is 28.8 Å². The van der Waals surface area contributed by atoms with Crippen molar-refractivity contribution in [1.82, 2.24) is 9.55 Å². The number of rotatable bonds is 2. The van der Waals surface area contributed by atoms with E-state index in [9.17, 15) is 4.79 Å². The Hall–Kier alpha value is -1.84. The molecule has 0 amide bonds. The highest BCUT2D eigenvalue weighted by atomic mass is 35.5. The Labute approximate surface area is 144 Å². The number of nitrogens with zero attached hydrogens (tertiary/aromatic N) is 2. The number of benzene rings is 2. The molecule has 0 aliphatic carbocycles. The van der Waals surface area contributed by atoms with Gasteiger partial charge in [-0.05, 0) is 49.6 Å². The van der Waals surface area contributed by atoms with Crippen molar-refractivity contribution >= 4 is 34.1 Å². The van der Waals surface area contributed by atoms with Crippen LogP contribution in [-0.4, -0.2) is 9.55 Å². The van der Waals surface area contributed by atoms with Crippen molar-refractivity contribution in [2.75, 3.05) is 0 Å². The normalized spacial score (nSPS) is 11.2. The van der Waals surface area contributed by atoms with E-state index in [2.05, 4.69) is 37.9 Å². The van der Waals surface area contributed by atoms with Crippen LogP contribution in [0.15, 0.2) is 35.4 Å². The molecule has 0 bridgehead atoms. The van der Waals surface area contributed by atoms with E-state index >= 15 is 0 Å². The van der Waals surface area contributed by atoms with Crippen molar-refractivity contribution in [1.29, 1.82) is 0 Å². The average Bonchev–Trinajstić information content (AvgIpc) is 2.45. The van der Waals surface area contributed by atoms with Gasteiger partial charge in [-0.25, -0.2) is 4.98 Å². The van der Waals surface area contributed by atoms with Gasteiger partial charge in [-0.3, -0.25) is 9.36 Å². The van der Waals surface area contributed by atoms with Crippen LogP contribution in [0.2, 0.25) is 10.0 Å². The Morgan fingerprint density at radius 3 is 2.35 bits per heavy atom. The zero-order chi connectivity index (χ0) is 16.7. The van der Waals surface area contributed by atoms with E-state index in [4.69, 9.17) is 23.2 Å². The molecule has 3 nitrogen and oxygen atoms in total. The molecule has 0 radical (unpaired) electrons. The predicted octanol–water partition coefficient (Wildman–Crippen LogP) is 4.68. The SMILES string of the molecule is Cc1cc(C)c(Cn2cnc3c(Cl)cc(Cl)cc3c2=O)c(C)c1. The predicted molar refractivity (Wildman–Crippen MR) is 95.8 cm³/mol. The summed E-state index contributed by atoms with van der Waals surface area (Å²) in [6.45, 7) is 6.66. The highest BCUT2D eigenvalue weighted by molar-refractivity contribution is 6.38. The lowest BCUT2D eigenvalue weighted by molar-refractivity contribution is 0.740. The van der Waals surface area contributed by atoms with E-state index in [-0.39, 0.29) is 5.56 Å². The van der Waals surface area contributed by atoms with Crippen molar-refractivity contribution in [3.05, 3.63) is 73.2 Å². The van der Waals surface area contributed by atoms with Crippen molar-refractivity contribution < 1.29 is 0 Å². The van der Waals surface area contributed by atoms with Crippen LogP contribution < -0.4 is 5.56 Å². The largest absolute Gasteiger partial charge is 0.294 e. The summed E-state index contributed by atoms with van der Waals surface area (Å²) in [6.07, 6.45) is 1.54. The van der Waals surface area contributed by atoms with Crippen LogP contribution in [0.3, 0.4) is 0 Å². The van der Waals surface area contributed by atoms with Crippen LogP contribution in [0.1, 0.15) is 22.3 Å². The summed E-state index contributed by atoms with van der Waals surface area (Å²) in [5, 5.41) is 1.26. The van der Waals surface area contributed by atoms with Crippen LogP contribution in [0.5, 0.6) is 0 Å². The van der Waals surface area contributed by atoms with Gasteiger partial charge in [0.1, 0.15) is 0 Å². The van der Waals surface area contributed by atoms with Gasteiger partial charge in [0, 0.05) is 5.02 Å². The maximum atomic E-state index is 12.7. The number of fused-ring (bicyclic) bond motifs is 1. The second-order valence-electron chi connectivity index (χ2n) is 5.84. The summed E-state index contributed by atoms with van der Waals surface area (Å²) in [6, 6.07) is 7.45. The average molecular weight is 347 g/mol. The third-order valence-corrected chi connectivity index (χ3v) is 4.52. The molecule has 0 saturated heterocycles. The zero-order valence-corrected chi connectivity index (χ0v) is 14.7. The number of aromatic nitrogens is 2. The summed E-state index contributed by atoms with van der Waals surface area (Å²) in [5.41, 5.74) is 5.02. The van der Waals surface area contributed by atoms with E-state index in [1.54, 1.807) is 23.0 Å². The van der Waals surface area contributed by atoms with Gasteiger partial charge in [0.2, 0.25) is 0 Å². The fourth-order valence-corrected chi connectivity index (χ4v) is 3.48. The maximum absolute atomic E-state index is 12.7. The Bertz CT molecular complexity index is 954. The van der Waals surface area contributed by atoms with E-state index in [1.165, 1.54) is 16.7 Å². The van der Waals surface area contributed by atoms with Crippen molar-refractivity contribution in [3.63, 3.8) is 0 Å². The van der Waals surface area contributed by atoms with Gasteiger partial charge >= 0.3 is 0 Å². The summed E-state index contributed by atoms with van der Waals surface area (Å²) in [7, 11) is 0. The van der Waals surface area contributed by atoms with E-state index in [0.29, 0.717) is 27.5 Å². The molecule has 0 saturated carbocycles. The van der Waals surface area contributed by atoms with Crippen LogP contribution in [0, 0.1) is 20.8 Å². The molecular weight excluding hydrogens is 331 g/mol. The third-order valence-electron chi connectivity index (χ3n) is 4.01. The van der Waals surface area contributed by atoms with Gasteiger partial charge < -0.3 is 0 Å². The lowest BCUT2D eigenvalue weighted by Crippen LogP contribution is -2.22. The van der Waals surface area contributed by atoms with Crippen molar-refractivity contribution in [2.45, 2.75) is 27.3 Å². The molecule has 0 aliphatic heterocycles. The first kappa shape index (κ1) is 16.0. The summed E-state index contributed by atoms with van der Waals surface area (Å²) in [5.74, 6) is 0. The van der Waals surface area contributed by atoms with Crippen LogP contribution in [-0.2, 0) is 6.54 Å². The molecule has 2 aromatic carbocycles. The molecule has 0 fully saturated rings. The Morgan fingerprint density at radius 1 is 1.04 bits per heavy atom. The minimum absolute atomic E-state index is 0.140. The van der Waals surface area contributed by atoms with E-state index in [0.717, 1.165) is 5.56 Å². The molecule has 118 valence electrons. The highest BCUT2D eigenvalue weighted by Gasteiger charge is 2.11. The Balaban J connectivity index is 2.16. The minimum atomic E-state index is -0.140. The first-order chi connectivity index (χ1) is 10.9. The van der Waals surface area contributed by atoms with Gasteiger partial charge in [-0.1, -0.05) is 40.9 Å². The lowest BCUT2D eigenvalue weighted by atomic mass is 10.00. The summed E-state index contributed by atoms with van der Waals surface area (Å²) in [4.78, 5) is 17.1. The molecule has 3 aromatic rings. The van der Waals surface area contributed by atoms with Gasteiger partial charge in [-0.15, -0.1) is 0 Å². The first-order valence-corrected chi connectivity index (χ1v) is 8.03. The molecule has 3 rings (SSSR count). The first-order valence-electron chi connectivity index (χ1n) is 7.27. The molecule has 0 N–H and O–H groups in total. The summed E-state index contributed by atoms with van der Waals surface area (Å²) < 4.78 is 1.60. The Kier molecular flexibility index (Phi) is 4.17. The monoisotopic (exact) mass is 346 g/mol. The van der Waals surface area contributed by atoms with E-state index < -0.39 is 0 Å². The quantitative estimate of drug-likeness (QED) is 0.675. The molecule has 0 unspecified atom stereocenters. The topological polar surface area (TPSA) is 34.9 Å². The molecule has 0 aliphatic rings. The second-order valence-corrected chi connectivity index (χ2v) is 6.68. The number of hydrogen-bond acceptors (Lipinski definition) is 2. The Morgan fingerprint density at radius 2 is 1.70 bits per heavy atom. The molecule has 0 atom stereocenters. The van der Waals surface area contributed by atoms with Crippen LogP contribution >= 0.6 is 23.2 Å². The summed E-state index contributed by atoms with van der Waals surface area (Å²) >= 11 is 12.1. The van der Waals surface area contributed by atoms with Crippen LogP contribution in [0.25, 0.3) is 10.9 Å². The van der Waals surface area contributed by atoms with Crippen molar-refractivity contribution in [2.24, 2.45) is 0 Å². The van der Waals surface area contributed by atoms with E-state index in [1.807, 2.05) is 0 Å². The number of hydrogen-bond donors (Lipinski definition) is 0. The second kappa shape index (κ2) is 5.99. The standard InChI is InChI=1S/C18H16Cl2N2O/c1-10-4-11(2)15(12(3)5-10)8-22-9-21-17-14(18(22)23)6-13(19)7-16(17)20/h4-7,9H,8H2,1-3H3. The van der Waals surface area contributed by atoms with Gasteiger partial charge in [0.25, 0.3) is 5.56 Å². The minimum Gasteiger partial charge on any atom is -0.294 e.